The van der Waals surface area contributed by atoms with Crippen molar-refractivity contribution in [2.75, 3.05) is 5.32 Å². The summed E-state index contributed by atoms with van der Waals surface area (Å²) in [5.41, 5.74) is 1.08. The van der Waals surface area contributed by atoms with Crippen molar-refractivity contribution in [1.29, 1.82) is 5.26 Å². The number of hydrogen-bond acceptors (Lipinski definition) is 3. The molecule has 0 radical (unpaired) electrons. The van der Waals surface area contributed by atoms with Crippen LogP contribution in [-0.2, 0) is 0 Å². The third-order valence-electron chi connectivity index (χ3n) is 2.70. The molecular weight excluding hydrogens is 248 g/mol. The predicted molar refractivity (Wildman–Crippen MR) is 67.3 cm³/mol. The number of hydrogen-bond donors (Lipinski definition) is 1. The minimum Gasteiger partial charge on any atom is -0.362 e. The van der Waals surface area contributed by atoms with Crippen LogP contribution in [0.4, 0.5) is 14.6 Å². The minimum atomic E-state index is -0.659. The van der Waals surface area contributed by atoms with Crippen LogP contribution in [-0.4, -0.2) is 4.98 Å². The van der Waals surface area contributed by atoms with E-state index in [1.807, 2.05) is 13.0 Å². The Morgan fingerprint density at radius 1 is 1.16 bits per heavy atom. The van der Waals surface area contributed by atoms with Crippen molar-refractivity contribution in [2.45, 2.75) is 13.0 Å². The van der Waals surface area contributed by atoms with Gasteiger partial charge < -0.3 is 5.32 Å². The maximum atomic E-state index is 13.1. The van der Waals surface area contributed by atoms with Crippen molar-refractivity contribution in [1.82, 2.24) is 4.98 Å². The molecule has 19 heavy (non-hydrogen) atoms. The number of rotatable bonds is 3. The van der Waals surface area contributed by atoms with E-state index in [2.05, 4.69) is 10.3 Å². The zero-order valence-electron chi connectivity index (χ0n) is 10.2. The quantitative estimate of drug-likeness (QED) is 0.859. The Morgan fingerprint density at radius 3 is 2.47 bits per heavy atom. The molecule has 2 rings (SSSR count). The van der Waals surface area contributed by atoms with Crippen LogP contribution in [0.5, 0.6) is 0 Å². The van der Waals surface area contributed by atoms with E-state index in [0.717, 1.165) is 11.6 Å². The molecule has 0 spiro atoms. The van der Waals surface area contributed by atoms with Gasteiger partial charge in [-0.1, -0.05) is 12.1 Å². The van der Waals surface area contributed by atoms with Crippen molar-refractivity contribution in [3.05, 3.63) is 59.3 Å². The molecule has 0 fully saturated rings. The number of nitrogens with one attached hydrogen (secondary N) is 1. The molecule has 1 aromatic heterocycles. The zero-order chi connectivity index (χ0) is 13.8. The van der Waals surface area contributed by atoms with Gasteiger partial charge in [-0.2, -0.15) is 9.65 Å². The first-order chi connectivity index (χ1) is 9.10. The predicted octanol–water partition coefficient (Wildman–Crippen LogP) is 3.40. The molecule has 0 saturated carbocycles. The monoisotopic (exact) mass is 259 g/mol. The van der Waals surface area contributed by atoms with Gasteiger partial charge in [-0.3, -0.25) is 0 Å². The van der Waals surface area contributed by atoms with Crippen LogP contribution in [0.1, 0.15) is 24.1 Å². The Bertz CT molecular complexity index is 618. The third kappa shape index (κ3) is 3.05. The molecule has 1 N–H and O–H groups in total. The van der Waals surface area contributed by atoms with Gasteiger partial charge >= 0.3 is 0 Å². The van der Waals surface area contributed by atoms with Crippen LogP contribution in [0.2, 0.25) is 0 Å². The molecule has 1 atom stereocenters. The molecular formula is C14H11F2N3. The second kappa shape index (κ2) is 5.44. The first-order valence-electron chi connectivity index (χ1n) is 5.69. The standard InChI is InChI=1S/C14H11F2N3/c1-9(10-2-5-12(15)6-3-10)18-14-11(8-17)4-7-13(16)19-14/h2-7,9H,1H3,(H,18,19). The van der Waals surface area contributed by atoms with Crippen molar-refractivity contribution in [3.8, 4) is 6.07 Å². The van der Waals surface area contributed by atoms with E-state index >= 15 is 0 Å². The number of aromatic nitrogens is 1. The third-order valence-corrected chi connectivity index (χ3v) is 2.70. The summed E-state index contributed by atoms with van der Waals surface area (Å²) in [6.07, 6.45) is 0. The van der Waals surface area contributed by atoms with E-state index in [4.69, 9.17) is 5.26 Å². The fourth-order valence-corrected chi connectivity index (χ4v) is 1.68. The van der Waals surface area contributed by atoms with Crippen LogP contribution in [0.15, 0.2) is 36.4 Å². The maximum absolute atomic E-state index is 13.1. The Morgan fingerprint density at radius 2 is 1.84 bits per heavy atom. The summed E-state index contributed by atoms with van der Waals surface area (Å²) in [5.74, 6) is -0.801. The summed E-state index contributed by atoms with van der Waals surface area (Å²) < 4.78 is 25.9. The first-order valence-corrected chi connectivity index (χ1v) is 5.69. The molecule has 1 unspecified atom stereocenters. The van der Waals surface area contributed by atoms with Gasteiger partial charge in [0.2, 0.25) is 5.95 Å². The van der Waals surface area contributed by atoms with Gasteiger partial charge in [0.25, 0.3) is 0 Å². The second-order valence-electron chi connectivity index (χ2n) is 4.06. The highest BCUT2D eigenvalue weighted by molar-refractivity contribution is 5.52. The minimum absolute atomic E-state index is 0.180. The summed E-state index contributed by atoms with van der Waals surface area (Å²) in [6.45, 7) is 1.82. The zero-order valence-corrected chi connectivity index (χ0v) is 10.2. The highest BCUT2D eigenvalue weighted by atomic mass is 19.1. The molecule has 0 saturated heterocycles. The molecule has 0 amide bonds. The van der Waals surface area contributed by atoms with Crippen molar-refractivity contribution in [3.63, 3.8) is 0 Å². The number of halogens is 2. The number of benzene rings is 1. The molecule has 2 aromatic rings. The Balaban J connectivity index is 2.23. The van der Waals surface area contributed by atoms with E-state index in [1.54, 1.807) is 12.1 Å². The van der Waals surface area contributed by atoms with Gasteiger partial charge in [-0.05, 0) is 36.8 Å². The lowest BCUT2D eigenvalue weighted by atomic mass is 10.1. The maximum Gasteiger partial charge on any atom is 0.214 e. The highest BCUT2D eigenvalue weighted by Crippen LogP contribution is 2.20. The smallest absolute Gasteiger partial charge is 0.214 e. The molecule has 96 valence electrons. The Labute approximate surface area is 109 Å². The van der Waals surface area contributed by atoms with Crippen LogP contribution in [0.25, 0.3) is 0 Å². The highest BCUT2D eigenvalue weighted by Gasteiger charge is 2.10. The first kappa shape index (κ1) is 13.0. The topological polar surface area (TPSA) is 48.7 Å². The number of pyridine rings is 1. The Hall–Kier alpha value is -2.48. The van der Waals surface area contributed by atoms with Gasteiger partial charge in [0.15, 0.2) is 0 Å². The van der Waals surface area contributed by atoms with Gasteiger partial charge in [0.05, 0.1) is 5.56 Å². The largest absolute Gasteiger partial charge is 0.362 e. The molecule has 0 bridgehead atoms. The summed E-state index contributed by atoms with van der Waals surface area (Å²) in [6, 6.07) is 10.1. The number of nitrogens with zero attached hydrogens (tertiary/aromatic N) is 2. The van der Waals surface area contributed by atoms with Gasteiger partial charge in [-0.15, -0.1) is 0 Å². The van der Waals surface area contributed by atoms with E-state index in [9.17, 15) is 8.78 Å². The van der Waals surface area contributed by atoms with E-state index in [1.165, 1.54) is 18.2 Å². The molecule has 1 heterocycles. The molecule has 3 nitrogen and oxygen atoms in total. The molecule has 5 heteroatoms. The molecule has 0 aliphatic rings. The van der Waals surface area contributed by atoms with E-state index in [0.29, 0.717) is 0 Å². The SMILES string of the molecule is CC(Nc1nc(F)ccc1C#N)c1ccc(F)cc1. The lowest BCUT2D eigenvalue weighted by Gasteiger charge is -2.15. The summed E-state index contributed by atoms with van der Waals surface area (Å²) in [5, 5.41) is 11.9. The number of anilines is 1. The molecule has 0 aliphatic carbocycles. The summed E-state index contributed by atoms with van der Waals surface area (Å²) in [7, 11) is 0. The fraction of sp³-hybridized carbons (Fsp3) is 0.143. The van der Waals surface area contributed by atoms with Crippen molar-refractivity contribution in [2.24, 2.45) is 0 Å². The lowest BCUT2D eigenvalue weighted by molar-refractivity contribution is 0.584. The normalized spacial score (nSPS) is 11.7. The molecule has 1 aromatic carbocycles. The van der Waals surface area contributed by atoms with Gasteiger partial charge in [0, 0.05) is 6.04 Å². The number of nitriles is 1. The summed E-state index contributed by atoms with van der Waals surface area (Å²) in [4.78, 5) is 3.65. The van der Waals surface area contributed by atoms with Crippen LogP contribution in [0.3, 0.4) is 0 Å². The van der Waals surface area contributed by atoms with E-state index in [-0.39, 0.29) is 23.2 Å². The molecule has 0 aliphatic heterocycles. The average Bonchev–Trinajstić information content (AvgIpc) is 2.39. The average molecular weight is 259 g/mol. The van der Waals surface area contributed by atoms with Crippen LogP contribution >= 0.6 is 0 Å². The van der Waals surface area contributed by atoms with Crippen molar-refractivity contribution < 1.29 is 8.78 Å². The van der Waals surface area contributed by atoms with Crippen molar-refractivity contribution >= 4 is 5.82 Å². The lowest BCUT2D eigenvalue weighted by Crippen LogP contribution is -2.10. The van der Waals surface area contributed by atoms with E-state index < -0.39 is 5.95 Å². The van der Waals surface area contributed by atoms with Crippen LogP contribution in [0, 0.1) is 23.1 Å². The summed E-state index contributed by atoms with van der Waals surface area (Å²) >= 11 is 0. The van der Waals surface area contributed by atoms with Crippen LogP contribution < -0.4 is 5.32 Å². The Kier molecular flexibility index (Phi) is 3.71. The second-order valence-corrected chi connectivity index (χ2v) is 4.06. The van der Waals surface area contributed by atoms with Gasteiger partial charge in [0.1, 0.15) is 17.7 Å². The fourth-order valence-electron chi connectivity index (χ4n) is 1.68. The van der Waals surface area contributed by atoms with Gasteiger partial charge in [-0.25, -0.2) is 9.37 Å².